The lowest BCUT2D eigenvalue weighted by atomic mass is 9.73. The van der Waals surface area contributed by atoms with E-state index in [0.717, 1.165) is 16.1 Å². The minimum Gasteiger partial charge on any atom is -0.362 e. The molecule has 37 heavy (non-hydrogen) atoms. The standard InChI is InChI=1S/C31H31FN2O2S/c1-18-27(30(36)34-22-12-8-11-21(32)17-22)29(25-13-14-26(37-25)31(2,3)4)28-23(33-18)15-20(16-24(28)35)19-9-6-5-7-10-19/h5-14,17,20,29,33H,15-16H2,1-4H3,(H,34,36). The fourth-order valence-electron chi connectivity index (χ4n) is 5.26. The first kappa shape index (κ1) is 25.2. The smallest absolute Gasteiger partial charge is 0.254 e. The van der Waals surface area contributed by atoms with E-state index in [1.807, 2.05) is 31.2 Å². The number of rotatable bonds is 4. The summed E-state index contributed by atoms with van der Waals surface area (Å²) in [5, 5.41) is 6.28. The molecule has 2 N–H and O–H groups in total. The van der Waals surface area contributed by atoms with Gasteiger partial charge in [-0.05, 0) is 60.6 Å². The highest BCUT2D eigenvalue weighted by Crippen LogP contribution is 2.48. The molecule has 2 atom stereocenters. The van der Waals surface area contributed by atoms with E-state index in [9.17, 15) is 14.0 Å². The van der Waals surface area contributed by atoms with E-state index in [4.69, 9.17) is 0 Å². The topological polar surface area (TPSA) is 58.2 Å². The Bertz CT molecular complexity index is 1430. The number of benzene rings is 2. The molecule has 5 rings (SSSR count). The number of nitrogens with one attached hydrogen (secondary N) is 2. The molecule has 0 saturated heterocycles. The number of thiophene rings is 1. The van der Waals surface area contributed by atoms with Crippen LogP contribution in [-0.2, 0) is 15.0 Å². The van der Waals surface area contributed by atoms with Crippen LogP contribution < -0.4 is 10.6 Å². The Morgan fingerprint density at radius 3 is 2.46 bits per heavy atom. The number of allylic oxidation sites excluding steroid dienone is 3. The van der Waals surface area contributed by atoms with Gasteiger partial charge in [0, 0.05) is 44.4 Å². The SMILES string of the molecule is CC1=C(C(=O)Nc2cccc(F)c2)C(c2ccc(C(C)(C)C)s2)C2=C(CC(c3ccccc3)CC2=O)N1. The summed E-state index contributed by atoms with van der Waals surface area (Å²) in [6.45, 7) is 8.35. The summed E-state index contributed by atoms with van der Waals surface area (Å²) in [5.41, 5.74) is 4.24. The first-order valence-electron chi connectivity index (χ1n) is 12.6. The molecule has 2 aromatic carbocycles. The Morgan fingerprint density at radius 1 is 1.03 bits per heavy atom. The third kappa shape index (κ3) is 5.03. The molecule has 1 aromatic heterocycles. The molecular formula is C31H31FN2O2S. The summed E-state index contributed by atoms with van der Waals surface area (Å²) in [7, 11) is 0. The van der Waals surface area contributed by atoms with Crippen molar-refractivity contribution < 1.29 is 14.0 Å². The number of hydrogen-bond acceptors (Lipinski definition) is 4. The Morgan fingerprint density at radius 2 is 1.78 bits per heavy atom. The van der Waals surface area contributed by atoms with E-state index in [-0.39, 0.29) is 23.0 Å². The van der Waals surface area contributed by atoms with Gasteiger partial charge in [-0.1, -0.05) is 57.2 Å². The largest absolute Gasteiger partial charge is 0.362 e. The average molecular weight is 515 g/mol. The van der Waals surface area contributed by atoms with Crippen LogP contribution in [0.2, 0.25) is 0 Å². The highest BCUT2D eigenvalue weighted by molar-refractivity contribution is 7.12. The van der Waals surface area contributed by atoms with Crippen molar-refractivity contribution in [3.05, 3.63) is 110 Å². The number of ketones is 1. The van der Waals surface area contributed by atoms with Gasteiger partial charge in [0.2, 0.25) is 0 Å². The fourth-order valence-corrected chi connectivity index (χ4v) is 6.45. The zero-order valence-corrected chi connectivity index (χ0v) is 22.3. The normalized spacial score (nSPS) is 20.0. The van der Waals surface area contributed by atoms with Gasteiger partial charge in [-0.3, -0.25) is 9.59 Å². The Labute approximate surface area is 221 Å². The van der Waals surface area contributed by atoms with Crippen molar-refractivity contribution in [2.75, 3.05) is 5.32 Å². The molecule has 2 unspecified atom stereocenters. The van der Waals surface area contributed by atoms with Gasteiger partial charge in [-0.2, -0.15) is 0 Å². The molecule has 4 nitrogen and oxygen atoms in total. The van der Waals surface area contributed by atoms with E-state index in [0.29, 0.717) is 35.4 Å². The van der Waals surface area contributed by atoms with Crippen molar-refractivity contribution in [2.45, 2.75) is 57.8 Å². The molecular weight excluding hydrogens is 483 g/mol. The minimum atomic E-state index is -0.477. The number of halogens is 1. The second-order valence-corrected chi connectivity index (χ2v) is 12.0. The molecule has 0 bridgehead atoms. The number of hydrogen-bond donors (Lipinski definition) is 2. The summed E-state index contributed by atoms with van der Waals surface area (Å²) < 4.78 is 13.8. The van der Waals surface area contributed by atoms with Crippen LogP contribution in [-0.4, -0.2) is 11.7 Å². The van der Waals surface area contributed by atoms with Gasteiger partial charge in [-0.15, -0.1) is 11.3 Å². The van der Waals surface area contributed by atoms with E-state index in [2.05, 4.69) is 49.6 Å². The van der Waals surface area contributed by atoms with Crippen molar-refractivity contribution in [3.63, 3.8) is 0 Å². The number of Topliss-reactive ketones (excluding diaryl/α,β-unsaturated/α-hetero) is 1. The van der Waals surface area contributed by atoms with Gasteiger partial charge in [-0.25, -0.2) is 4.39 Å². The quantitative estimate of drug-likeness (QED) is 0.388. The fraction of sp³-hybridized carbons (Fsp3) is 0.290. The monoisotopic (exact) mass is 514 g/mol. The lowest BCUT2D eigenvalue weighted by molar-refractivity contribution is -0.116. The van der Waals surface area contributed by atoms with E-state index in [1.54, 1.807) is 23.5 Å². The van der Waals surface area contributed by atoms with Crippen molar-refractivity contribution in [1.82, 2.24) is 5.32 Å². The van der Waals surface area contributed by atoms with Gasteiger partial charge in [0.25, 0.3) is 5.91 Å². The molecule has 0 radical (unpaired) electrons. The molecule has 1 aliphatic heterocycles. The highest BCUT2D eigenvalue weighted by Gasteiger charge is 2.41. The average Bonchev–Trinajstić information content (AvgIpc) is 3.34. The summed E-state index contributed by atoms with van der Waals surface area (Å²) in [6.07, 6.45) is 1.10. The first-order valence-corrected chi connectivity index (χ1v) is 13.4. The van der Waals surface area contributed by atoms with Crippen molar-refractivity contribution in [3.8, 4) is 0 Å². The Balaban J connectivity index is 1.57. The highest BCUT2D eigenvalue weighted by atomic mass is 32.1. The third-order valence-electron chi connectivity index (χ3n) is 7.08. The lowest BCUT2D eigenvalue weighted by Gasteiger charge is -2.36. The number of anilines is 1. The number of carbonyl (C=O) groups excluding carboxylic acids is 2. The molecule has 190 valence electrons. The van der Waals surface area contributed by atoms with Crippen LogP contribution in [0.5, 0.6) is 0 Å². The van der Waals surface area contributed by atoms with Crippen LogP contribution in [0.3, 0.4) is 0 Å². The van der Waals surface area contributed by atoms with Crippen LogP contribution in [0.1, 0.15) is 67.7 Å². The molecule has 0 saturated carbocycles. The van der Waals surface area contributed by atoms with Gasteiger partial charge >= 0.3 is 0 Å². The van der Waals surface area contributed by atoms with Crippen molar-refractivity contribution in [2.24, 2.45) is 0 Å². The van der Waals surface area contributed by atoms with Crippen molar-refractivity contribution >= 4 is 28.7 Å². The zero-order valence-electron chi connectivity index (χ0n) is 21.5. The maximum atomic E-state index is 13.8. The molecule has 6 heteroatoms. The van der Waals surface area contributed by atoms with Crippen LogP contribution in [0.4, 0.5) is 10.1 Å². The van der Waals surface area contributed by atoms with Crippen LogP contribution in [0.15, 0.2) is 89.3 Å². The summed E-state index contributed by atoms with van der Waals surface area (Å²) in [6, 6.07) is 20.1. The zero-order chi connectivity index (χ0) is 26.3. The van der Waals surface area contributed by atoms with Gasteiger partial charge in [0.1, 0.15) is 5.82 Å². The molecule has 1 amide bonds. The van der Waals surface area contributed by atoms with Crippen molar-refractivity contribution in [1.29, 1.82) is 0 Å². The summed E-state index contributed by atoms with van der Waals surface area (Å²) >= 11 is 1.64. The van der Waals surface area contributed by atoms with Gasteiger partial charge < -0.3 is 10.6 Å². The van der Waals surface area contributed by atoms with Crippen LogP contribution >= 0.6 is 11.3 Å². The molecule has 3 aromatic rings. The Hall–Kier alpha value is -3.51. The summed E-state index contributed by atoms with van der Waals surface area (Å²) in [5.74, 6) is -1.09. The molecule has 1 aliphatic carbocycles. The maximum Gasteiger partial charge on any atom is 0.254 e. The Kier molecular flexibility index (Phi) is 6.63. The van der Waals surface area contributed by atoms with E-state index < -0.39 is 11.7 Å². The molecule has 2 aliphatic rings. The summed E-state index contributed by atoms with van der Waals surface area (Å²) in [4.78, 5) is 29.6. The predicted octanol–water partition coefficient (Wildman–Crippen LogP) is 7.19. The maximum absolute atomic E-state index is 13.8. The van der Waals surface area contributed by atoms with Gasteiger partial charge in [0.15, 0.2) is 5.78 Å². The number of dihydropyridines is 1. The van der Waals surface area contributed by atoms with Crippen LogP contribution in [0.25, 0.3) is 0 Å². The van der Waals surface area contributed by atoms with E-state index in [1.165, 1.54) is 17.0 Å². The minimum absolute atomic E-state index is 0.0508. The molecule has 0 spiro atoms. The third-order valence-corrected chi connectivity index (χ3v) is 8.65. The second kappa shape index (κ2) is 9.75. The number of amides is 1. The second-order valence-electron chi connectivity index (χ2n) is 10.8. The lowest BCUT2D eigenvalue weighted by Crippen LogP contribution is -2.36. The first-order chi connectivity index (χ1) is 17.6. The predicted molar refractivity (Wildman–Crippen MR) is 147 cm³/mol. The molecule has 0 fully saturated rings. The molecule has 2 heterocycles. The van der Waals surface area contributed by atoms with Gasteiger partial charge in [0.05, 0.1) is 5.92 Å². The van der Waals surface area contributed by atoms with E-state index >= 15 is 0 Å². The number of carbonyl (C=O) groups is 2. The van der Waals surface area contributed by atoms with Crippen LogP contribution in [0, 0.1) is 5.82 Å².